The zero-order chi connectivity index (χ0) is 16.4. The number of fused-ring (bicyclic) bond motifs is 1. The molecular formula is C21H17FN2. The van der Waals surface area contributed by atoms with Gasteiger partial charge in [-0.25, -0.2) is 9.37 Å². The zero-order valence-corrected chi connectivity index (χ0v) is 13.3. The summed E-state index contributed by atoms with van der Waals surface area (Å²) < 4.78 is 15.2. The van der Waals surface area contributed by atoms with E-state index in [2.05, 4.69) is 33.5 Å². The first-order valence-corrected chi connectivity index (χ1v) is 8.22. The maximum absolute atomic E-state index is 12.9. The highest BCUT2D eigenvalue weighted by Crippen LogP contribution is 2.24. The van der Waals surface area contributed by atoms with E-state index in [1.807, 2.05) is 18.3 Å². The van der Waals surface area contributed by atoms with Crippen LogP contribution in [-0.2, 0) is 13.0 Å². The normalized spacial score (nSPS) is 13.0. The molecule has 2 nitrogen and oxygen atoms in total. The van der Waals surface area contributed by atoms with Crippen LogP contribution < -0.4 is 0 Å². The van der Waals surface area contributed by atoms with Crippen LogP contribution in [0.1, 0.15) is 29.7 Å². The number of nitrogens with zero attached hydrogens (tertiary/aromatic N) is 2. The average molecular weight is 316 g/mol. The highest BCUT2D eigenvalue weighted by Gasteiger charge is 2.14. The van der Waals surface area contributed by atoms with Crippen molar-refractivity contribution < 1.29 is 4.39 Å². The van der Waals surface area contributed by atoms with Crippen molar-refractivity contribution in [3.05, 3.63) is 77.4 Å². The number of aromatic nitrogens is 2. The van der Waals surface area contributed by atoms with E-state index in [1.54, 1.807) is 12.1 Å². The Hall–Kier alpha value is -2.86. The Morgan fingerprint density at radius 1 is 0.875 bits per heavy atom. The first-order valence-electron chi connectivity index (χ1n) is 8.22. The second-order valence-electron chi connectivity index (χ2n) is 6.02. The lowest BCUT2D eigenvalue weighted by Crippen LogP contribution is -2.10. The number of hydrogen-bond acceptors (Lipinski definition) is 1. The summed E-state index contributed by atoms with van der Waals surface area (Å²) in [4.78, 5) is 4.59. The van der Waals surface area contributed by atoms with Crippen molar-refractivity contribution in [2.24, 2.45) is 0 Å². The molecule has 3 aromatic rings. The van der Waals surface area contributed by atoms with Gasteiger partial charge in [0.25, 0.3) is 0 Å². The molecule has 0 saturated heterocycles. The summed E-state index contributed by atoms with van der Waals surface area (Å²) in [6, 6.07) is 14.4. The lowest BCUT2D eigenvalue weighted by molar-refractivity contribution is 0.536. The van der Waals surface area contributed by atoms with E-state index in [-0.39, 0.29) is 5.82 Å². The van der Waals surface area contributed by atoms with Gasteiger partial charge in [-0.1, -0.05) is 24.0 Å². The summed E-state index contributed by atoms with van der Waals surface area (Å²) in [7, 11) is 0. The van der Waals surface area contributed by atoms with Crippen LogP contribution in [0.15, 0.2) is 54.7 Å². The summed E-state index contributed by atoms with van der Waals surface area (Å²) in [5, 5.41) is 0. The van der Waals surface area contributed by atoms with Crippen LogP contribution in [0, 0.1) is 17.7 Å². The fourth-order valence-electron chi connectivity index (χ4n) is 3.05. The number of aryl methyl sites for hydroxylation is 1. The molecule has 24 heavy (non-hydrogen) atoms. The number of benzene rings is 2. The number of hydrogen-bond donors (Lipinski definition) is 0. The maximum atomic E-state index is 12.9. The largest absolute Gasteiger partial charge is 0.328 e. The van der Waals surface area contributed by atoms with Crippen LogP contribution in [-0.4, -0.2) is 9.55 Å². The topological polar surface area (TPSA) is 17.8 Å². The molecular weight excluding hydrogens is 299 g/mol. The predicted octanol–water partition coefficient (Wildman–Crippen LogP) is 4.43. The monoisotopic (exact) mass is 316 g/mol. The van der Waals surface area contributed by atoms with Gasteiger partial charge in [-0.05, 0) is 55.7 Å². The second kappa shape index (κ2) is 6.33. The van der Waals surface area contributed by atoms with Crippen LogP contribution in [0.3, 0.4) is 0 Å². The van der Waals surface area contributed by atoms with Crippen molar-refractivity contribution >= 4 is 0 Å². The smallest absolute Gasteiger partial charge is 0.140 e. The van der Waals surface area contributed by atoms with Crippen LogP contribution in [0.25, 0.3) is 11.4 Å². The first kappa shape index (κ1) is 14.7. The van der Waals surface area contributed by atoms with Crippen LogP contribution in [0.2, 0.25) is 0 Å². The van der Waals surface area contributed by atoms with Gasteiger partial charge < -0.3 is 4.57 Å². The third-order valence-corrected chi connectivity index (χ3v) is 4.34. The van der Waals surface area contributed by atoms with E-state index in [9.17, 15) is 4.39 Å². The van der Waals surface area contributed by atoms with E-state index >= 15 is 0 Å². The molecule has 4 rings (SSSR count). The molecule has 2 heterocycles. The molecule has 0 bridgehead atoms. The van der Waals surface area contributed by atoms with Gasteiger partial charge in [-0.15, -0.1) is 0 Å². The summed E-state index contributed by atoms with van der Waals surface area (Å²) in [5.41, 5.74) is 4.20. The molecule has 3 heteroatoms. The van der Waals surface area contributed by atoms with E-state index < -0.39 is 0 Å². The molecule has 0 amide bonds. The van der Waals surface area contributed by atoms with E-state index in [4.69, 9.17) is 0 Å². The molecule has 1 aliphatic rings. The Labute approximate surface area is 141 Å². The lowest BCUT2D eigenvalue weighted by Gasteiger charge is -2.16. The van der Waals surface area contributed by atoms with Crippen LogP contribution in [0.4, 0.5) is 4.39 Å². The molecule has 0 radical (unpaired) electrons. The molecule has 1 aromatic heterocycles. The van der Waals surface area contributed by atoms with Gasteiger partial charge in [0.1, 0.15) is 11.6 Å². The summed E-state index contributed by atoms with van der Waals surface area (Å²) >= 11 is 0. The second-order valence-corrected chi connectivity index (χ2v) is 6.02. The molecule has 0 N–H and O–H groups in total. The number of imidazole rings is 1. The number of rotatable bonds is 1. The molecule has 0 spiro atoms. The third-order valence-electron chi connectivity index (χ3n) is 4.34. The molecule has 118 valence electrons. The molecule has 0 unspecified atom stereocenters. The third kappa shape index (κ3) is 2.96. The van der Waals surface area contributed by atoms with Gasteiger partial charge in [-0.2, -0.15) is 0 Å². The van der Waals surface area contributed by atoms with E-state index in [0.29, 0.717) is 0 Å². The van der Waals surface area contributed by atoms with Crippen molar-refractivity contribution in [2.45, 2.75) is 25.8 Å². The van der Waals surface area contributed by atoms with Crippen molar-refractivity contribution in [1.29, 1.82) is 0 Å². The molecule has 0 fully saturated rings. The highest BCUT2D eigenvalue weighted by atomic mass is 19.1. The van der Waals surface area contributed by atoms with Gasteiger partial charge in [0.15, 0.2) is 0 Å². The average Bonchev–Trinajstić information content (AvgIpc) is 3.06. The van der Waals surface area contributed by atoms with Gasteiger partial charge in [0.05, 0.1) is 0 Å². The SMILES string of the molecule is Fc1ccc(C#Cc2ccc(-c3ncc4n3CCCC4)cc2)cc1. The van der Waals surface area contributed by atoms with Gasteiger partial charge in [0, 0.05) is 35.1 Å². The van der Waals surface area contributed by atoms with Crippen LogP contribution in [0.5, 0.6) is 0 Å². The van der Waals surface area contributed by atoms with E-state index in [0.717, 1.165) is 35.5 Å². The Bertz CT molecular complexity index is 909. The summed E-state index contributed by atoms with van der Waals surface area (Å²) in [6.45, 7) is 1.05. The van der Waals surface area contributed by atoms with Gasteiger partial charge >= 0.3 is 0 Å². The maximum Gasteiger partial charge on any atom is 0.140 e. The molecule has 2 aromatic carbocycles. The van der Waals surface area contributed by atoms with Crippen molar-refractivity contribution in [3.8, 4) is 23.2 Å². The Kier molecular flexibility index (Phi) is 3.88. The zero-order valence-electron chi connectivity index (χ0n) is 13.3. The predicted molar refractivity (Wildman–Crippen MR) is 93.0 cm³/mol. The lowest BCUT2D eigenvalue weighted by atomic mass is 10.1. The molecule has 1 aliphatic heterocycles. The number of halogens is 1. The Balaban J connectivity index is 1.57. The highest BCUT2D eigenvalue weighted by molar-refractivity contribution is 5.58. The molecule has 0 aliphatic carbocycles. The standard InChI is InChI=1S/C21H17FN2/c22-19-12-8-17(9-13-19)5-4-16-6-10-18(11-7-16)21-23-15-20-3-1-2-14-24(20)21/h6-13,15H,1-3,14H2. The fraction of sp³-hybridized carbons (Fsp3) is 0.190. The first-order chi connectivity index (χ1) is 11.8. The summed E-state index contributed by atoms with van der Waals surface area (Å²) in [6.07, 6.45) is 5.59. The Morgan fingerprint density at radius 2 is 1.54 bits per heavy atom. The fourth-order valence-corrected chi connectivity index (χ4v) is 3.05. The molecule has 0 atom stereocenters. The van der Waals surface area contributed by atoms with Gasteiger partial charge in [-0.3, -0.25) is 0 Å². The Morgan fingerprint density at radius 3 is 2.25 bits per heavy atom. The van der Waals surface area contributed by atoms with Crippen LogP contribution >= 0.6 is 0 Å². The van der Waals surface area contributed by atoms with Gasteiger partial charge in [0.2, 0.25) is 0 Å². The molecule has 0 saturated carbocycles. The minimum Gasteiger partial charge on any atom is -0.328 e. The van der Waals surface area contributed by atoms with E-state index in [1.165, 1.54) is 30.7 Å². The van der Waals surface area contributed by atoms with Crippen molar-refractivity contribution in [2.75, 3.05) is 0 Å². The quantitative estimate of drug-likeness (QED) is 0.608. The van der Waals surface area contributed by atoms with Crippen molar-refractivity contribution in [1.82, 2.24) is 9.55 Å². The summed E-state index contributed by atoms with van der Waals surface area (Å²) in [5.74, 6) is 6.97. The minimum atomic E-state index is -0.243. The minimum absolute atomic E-state index is 0.243. The van der Waals surface area contributed by atoms with Crippen molar-refractivity contribution in [3.63, 3.8) is 0 Å².